The second kappa shape index (κ2) is 4.31. The Hall–Kier alpha value is -2.06. The van der Waals surface area contributed by atoms with Gasteiger partial charge in [-0.05, 0) is 38.6 Å². The molecule has 1 atom stereocenters. The number of oxazole rings is 1. The molecule has 0 fully saturated rings. The number of benzene rings is 1. The average molecular weight is 245 g/mol. The highest BCUT2D eigenvalue weighted by molar-refractivity contribution is 5.73. The summed E-state index contributed by atoms with van der Waals surface area (Å²) in [5.41, 5.74) is 1.53. The Morgan fingerprint density at radius 3 is 2.83 bits per heavy atom. The monoisotopic (exact) mass is 245 g/mol. The molecule has 0 aliphatic rings. The zero-order chi connectivity index (χ0) is 13.3. The van der Waals surface area contributed by atoms with Crippen LogP contribution in [0.15, 0.2) is 27.4 Å². The highest BCUT2D eigenvalue weighted by Crippen LogP contribution is 2.33. The van der Waals surface area contributed by atoms with Crippen molar-refractivity contribution in [2.75, 3.05) is 7.05 Å². The van der Waals surface area contributed by atoms with Gasteiger partial charge in [0, 0.05) is 0 Å². The summed E-state index contributed by atoms with van der Waals surface area (Å²) in [6.07, 6.45) is 0. The predicted molar refractivity (Wildman–Crippen MR) is 68.0 cm³/mol. The number of hydrogen-bond acceptors (Lipinski definition) is 4. The van der Waals surface area contributed by atoms with Gasteiger partial charge in [0.25, 0.3) is 0 Å². The third kappa shape index (κ3) is 2.03. The van der Waals surface area contributed by atoms with Crippen molar-refractivity contribution < 1.29 is 4.42 Å². The fourth-order valence-electron chi connectivity index (χ4n) is 2.15. The van der Waals surface area contributed by atoms with Crippen LogP contribution in [0.2, 0.25) is 0 Å². The molecule has 0 radical (unpaired) electrons. The van der Waals surface area contributed by atoms with E-state index >= 15 is 0 Å². The largest absolute Gasteiger partial charge is 0.417 e. The minimum atomic E-state index is -0.557. The van der Waals surface area contributed by atoms with E-state index in [4.69, 9.17) is 4.42 Å². The van der Waals surface area contributed by atoms with E-state index in [0.29, 0.717) is 11.1 Å². The fraction of sp³-hybridized carbons (Fsp3) is 0.385. The van der Waals surface area contributed by atoms with Crippen LogP contribution in [0.25, 0.3) is 11.1 Å². The van der Waals surface area contributed by atoms with Crippen LogP contribution in [0.3, 0.4) is 0 Å². The van der Waals surface area contributed by atoms with Gasteiger partial charge in [0.15, 0.2) is 5.58 Å². The quantitative estimate of drug-likeness (QED) is 0.865. The van der Waals surface area contributed by atoms with E-state index in [2.05, 4.69) is 16.4 Å². The number of aromatic amines is 1. The first-order valence-electron chi connectivity index (χ1n) is 5.69. The summed E-state index contributed by atoms with van der Waals surface area (Å²) in [6.45, 7) is 3.73. The van der Waals surface area contributed by atoms with Gasteiger partial charge in [-0.15, -0.1) is 0 Å². The van der Waals surface area contributed by atoms with Gasteiger partial charge in [-0.1, -0.05) is 6.07 Å². The number of aromatic nitrogens is 1. The maximum atomic E-state index is 11.1. The molecule has 2 rings (SSSR count). The minimum Gasteiger partial charge on any atom is -0.408 e. The second-order valence-corrected chi connectivity index (χ2v) is 4.83. The van der Waals surface area contributed by atoms with Crippen LogP contribution < -0.4 is 11.1 Å². The van der Waals surface area contributed by atoms with Crippen molar-refractivity contribution in [1.82, 2.24) is 10.3 Å². The van der Waals surface area contributed by atoms with Crippen LogP contribution in [0, 0.1) is 16.7 Å². The molecule has 1 aromatic carbocycles. The topological polar surface area (TPSA) is 81.8 Å². The SMILES string of the molecule is CNC(c1ccc2[nH]c(=O)oc2c1)C(C)(C)C#N. The molecule has 0 saturated heterocycles. The Kier molecular flexibility index (Phi) is 2.97. The Morgan fingerprint density at radius 1 is 1.50 bits per heavy atom. The molecule has 1 aromatic heterocycles. The van der Waals surface area contributed by atoms with Gasteiger partial charge in [0.05, 0.1) is 23.0 Å². The molecule has 0 aliphatic carbocycles. The summed E-state index contributed by atoms with van der Waals surface area (Å²) in [4.78, 5) is 13.7. The molecule has 0 aliphatic heterocycles. The molecule has 0 amide bonds. The maximum Gasteiger partial charge on any atom is 0.417 e. The van der Waals surface area contributed by atoms with Crippen molar-refractivity contribution in [3.63, 3.8) is 0 Å². The van der Waals surface area contributed by atoms with Crippen molar-refractivity contribution in [2.45, 2.75) is 19.9 Å². The average Bonchev–Trinajstić information content (AvgIpc) is 2.69. The lowest BCUT2D eigenvalue weighted by molar-refractivity contribution is 0.344. The lowest BCUT2D eigenvalue weighted by atomic mass is 9.82. The van der Waals surface area contributed by atoms with Crippen molar-refractivity contribution in [1.29, 1.82) is 5.26 Å². The third-order valence-electron chi connectivity index (χ3n) is 3.08. The van der Waals surface area contributed by atoms with Gasteiger partial charge in [-0.25, -0.2) is 4.79 Å². The van der Waals surface area contributed by atoms with Crippen LogP contribution >= 0.6 is 0 Å². The van der Waals surface area contributed by atoms with Gasteiger partial charge in [0.2, 0.25) is 0 Å². The van der Waals surface area contributed by atoms with E-state index in [1.165, 1.54) is 0 Å². The molecule has 1 unspecified atom stereocenters. The number of rotatable bonds is 3. The molecule has 2 aromatic rings. The molecule has 0 saturated carbocycles. The standard InChI is InChI=1S/C13H15N3O2/c1-13(2,7-14)11(15-3)8-4-5-9-10(6-8)18-12(17)16-9/h4-6,11,15H,1-3H3,(H,16,17). The second-order valence-electron chi connectivity index (χ2n) is 4.83. The lowest BCUT2D eigenvalue weighted by Gasteiger charge is -2.27. The van der Waals surface area contributed by atoms with Gasteiger partial charge in [-0.2, -0.15) is 5.26 Å². The Bertz CT molecular complexity index is 661. The molecular weight excluding hydrogens is 230 g/mol. The zero-order valence-electron chi connectivity index (χ0n) is 10.6. The van der Waals surface area contributed by atoms with Crippen molar-refractivity contribution >= 4 is 11.1 Å². The zero-order valence-corrected chi connectivity index (χ0v) is 10.6. The number of H-pyrrole nitrogens is 1. The van der Waals surface area contributed by atoms with Gasteiger partial charge >= 0.3 is 5.76 Å². The maximum absolute atomic E-state index is 11.1. The number of hydrogen-bond donors (Lipinski definition) is 2. The number of nitrogens with zero attached hydrogens (tertiary/aromatic N) is 1. The smallest absolute Gasteiger partial charge is 0.408 e. The van der Waals surface area contributed by atoms with E-state index in [9.17, 15) is 10.1 Å². The van der Waals surface area contributed by atoms with Gasteiger partial charge in [0.1, 0.15) is 0 Å². The number of nitrogens with one attached hydrogen (secondary N) is 2. The Labute approximate surface area is 104 Å². The van der Waals surface area contributed by atoms with E-state index in [-0.39, 0.29) is 6.04 Å². The molecule has 0 bridgehead atoms. The van der Waals surface area contributed by atoms with Crippen LogP contribution in [0.1, 0.15) is 25.5 Å². The first-order valence-corrected chi connectivity index (χ1v) is 5.69. The molecular formula is C13H15N3O2. The summed E-state index contributed by atoms with van der Waals surface area (Å²) in [6, 6.07) is 7.60. The summed E-state index contributed by atoms with van der Waals surface area (Å²) in [5.74, 6) is -0.470. The Balaban J connectivity index is 2.52. The van der Waals surface area contributed by atoms with Crippen molar-refractivity contribution in [2.24, 2.45) is 5.41 Å². The molecule has 1 heterocycles. The van der Waals surface area contributed by atoms with E-state index < -0.39 is 11.2 Å². The van der Waals surface area contributed by atoms with Crippen LogP contribution in [-0.2, 0) is 0 Å². The number of nitriles is 1. The Morgan fingerprint density at radius 2 is 2.22 bits per heavy atom. The van der Waals surface area contributed by atoms with Crippen LogP contribution in [0.4, 0.5) is 0 Å². The highest BCUT2D eigenvalue weighted by atomic mass is 16.4. The third-order valence-corrected chi connectivity index (χ3v) is 3.08. The van der Waals surface area contributed by atoms with E-state index in [1.807, 2.05) is 19.9 Å². The lowest BCUT2D eigenvalue weighted by Crippen LogP contribution is -2.30. The van der Waals surface area contributed by atoms with Gasteiger partial charge < -0.3 is 9.73 Å². The van der Waals surface area contributed by atoms with Crippen molar-refractivity contribution in [3.05, 3.63) is 34.3 Å². The summed E-state index contributed by atoms with van der Waals surface area (Å²) >= 11 is 0. The van der Waals surface area contributed by atoms with Crippen molar-refractivity contribution in [3.8, 4) is 6.07 Å². The minimum absolute atomic E-state index is 0.132. The molecule has 0 spiro atoms. The van der Waals surface area contributed by atoms with Gasteiger partial charge in [-0.3, -0.25) is 4.98 Å². The number of fused-ring (bicyclic) bond motifs is 1. The first-order chi connectivity index (χ1) is 8.47. The molecule has 18 heavy (non-hydrogen) atoms. The van der Waals surface area contributed by atoms with E-state index in [1.54, 1.807) is 19.2 Å². The summed E-state index contributed by atoms with van der Waals surface area (Å²) in [7, 11) is 1.81. The molecule has 94 valence electrons. The normalized spacial score (nSPS) is 13.4. The summed E-state index contributed by atoms with van der Waals surface area (Å²) in [5, 5.41) is 12.3. The van der Waals surface area contributed by atoms with E-state index in [0.717, 1.165) is 5.56 Å². The molecule has 5 nitrogen and oxygen atoms in total. The first kappa shape index (κ1) is 12.4. The fourth-order valence-corrected chi connectivity index (χ4v) is 2.15. The van der Waals surface area contributed by atoms with Crippen LogP contribution in [-0.4, -0.2) is 12.0 Å². The van der Waals surface area contributed by atoms with Crippen LogP contribution in [0.5, 0.6) is 0 Å². The molecule has 2 N–H and O–H groups in total. The predicted octanol–water partition coefficient (Wildman–Crippen LogP) is 1.93. The summed E-state index contributed by atoms with van der Waals surface area (Å²) < 4.78 is 5.03. The highest BCUT2D eigenvalue weighted by Gasteiger charge is 2.29. The molecule has 5 heteroatoms.